The molecule has 3 heterocycles. The van der Waals surface area contributed by atoms with E-state index >= 15 is 0 Å². The van der Waals surface area contributed by atoms with Crippen molar-refractivity contribution >= 4 is 22.9 Å². The fourth-order valence-electron chi connectivity index (χ4n) is 8.34. The molecule has 4 N–H and O–H groups in total. The number of hydrogen-bond donors (Lipinski definition) is 3. The molecule has 0 amide bonds. The molecule has 0 unspecified atom stereocenters. The number of rotatable bonds is 16. The second-order valence-electron chi connectivity index (χ2n) is 15.2. The number of hydrogen-bond acceptors (Lipinski definition) is 8. The zero-order valence-electron chi connectivity index (χ0n) is 30.1. The van der Waals surface area contributed by atoms with Gasteiger partial charge in [0.2, 0.25) is 5.95 Å². The van der Waals surface area contributed by atoms with Crippen LogP contribution < -0.4 is 16.4 Å². The number of benzene rings is 2. The van der Waals surface area contributed by atoms with Crippen LogP contribution in [0.5, 0.6) is 0 Å². The van der Waals surface area contributed by atoms with Crippen molar-refractivity contribution in [1.29, 1.82) is 0 Å². The van der Waals surface area contributed by atoms with Crippen LogP contribution >= 0.6 is 0 Å². The summed E-state index contributed by atoms with van der Waals surface area (Å²) in [5.41, 5.74) is 11.0. The number of fused-ring (bicyclic) bond motifs is 1. The van der Waals surface area contributed by atoms with Crippen molar-refractivity contribution in [2.75, 3.05) is 49.9 Å². The molecule has 3 fully saturated rings. The summed E-state index contributed by atoms with van der Waals surface area (Å²) in [6.07, 6.45) is 18.2. The van der Waals surface area contributed by atoms with Crippen molar-refractivity contribution in [2.45, 2.75) is 114 Å². The van der Waals surface area contributed by atoms with Gasteiger partial charge in [-0.3, -0.25) is 0 Å². The highest BCUT2D eigenvalue weighted by atomic mass is 15.2. The van der Waals surface area contributed by atoms with Crippen LogP contribution in [-0.4, -0.2) is 86.7 Å². The van der Waals surface area contributed by atoms with Crippen molar-refractivity contribution in [3.05, 3.63) is 78.1 Å². The van der Waals surface area contributed by atoms with Gasteiger partial charge in [0.05, 0.1) is 6.33 Å². The molecule has 50 heavy (non-hydrogen) atoms. The van der Waals surface area contributed by atoms with Gasteiger partial charge in [0.1, 0.15) is 0 Å². The molecule has 1 saturated heterocycles. The Kier molecular flexibility index (Phi) is 12.3. The van der Waals surface area contributed by atoms with Gasteiger partial charge < -0.3 is 30.7 Å². The highest BCUT2D eigenvalue weighted by molar-refractivity contribution is 5.84. The van der Waals surface area contributed by atoms with Gasteiger partial charge in [-0.2, -0.15) is 9.97 Å². The van der Waals surface area contributed by atoms with Gasteiger partial charge in [0.25, 0.3) is 0 Å². The highest BCUT2D eigenvalue weighted by Crippen LogP contribution is 2.34. The summed E-state index contributed by atoms with van der Waals surface area (Å²) in [4.78, 5) is 20.3. The molecular formula is C41H59N9. The number of nitrogens with two attached hydrogens (primary N) is 1. The van der Waals surface area contributed by atoms with Gasteiger partial charge in [-0.15, -0.1) is 0 Å². The molecule has 268 valence electrons. The molecule has 9 heteroatoms. The largest absolute Gasteiger partial charge is 0.365 e. The maximum absolute atomic E-state index is 6.20. The highest BCUT2D eigenvalue weighted by Gasteiger charge is 2.26. The van der Waals surface area contributed by atoms with Gasteiger partial charge >= 0.3 is 0 Å². The molecule has 9 nitrogen and oxygen atoms in total. The van der Waals surface area contributed by atoms with E-state index in [9.17, 15) is 0 Å². The van der Waals surface area contributed by atoms with Gasteiger partial charge in [-0.05, 0) is 101 Å². The average Bonchev–Trinajstić information content (AvgIpc) is 3.84. The van der Waals surface area contributed by atoms with Crippen LogP contribution in [0, 0.1) is 0 Å². The van der Waals surface area contributed by atoms with Crippen molar-refractivity contribution in [3.63, 3.8) is 0 Å². The topological polar surface area (TPSA) is 100 Å². The van der Waals surface area contributed by atoms with E-state index in [1.54, 1.807) is 0 Å². The van der Waals surface area contributed by atoms with E-state index in [-0.39, 0.29) is 0 Å². The number of anilines is 2. The van der Waals surface area contributed by atoms with Crippen LogP contribution in [0.2, 0.25) is 0 Å². The fourth-order valence-corrected chi connectivity index (χ4v) is 8.34. The molecule has 7 rings (SSSR count). The van der Waals surface area contributed by atoms with Crippen molar-refractivity contribution in [3.8, 4) is 0 Å². The second kappa shape index (κ2) is 17.6. The predicted molar refractivity (Wildman–Crippen MR) is 206 cm³/mol. The lowest BCUT2D eigenvalue weighted by Crippen LogP contribution is -2.40. The van der Waals surface area contributed by atoms with Crippen LogP contribution in [0.15, 0.2) is 67.0 Å². The van der Waals surface area contributed by atoms with E-state index in [2.05, 4.69) is 85.7 Å². The van der Waals surface area contributed by atoms with E-state index in [4.69, 9.17) is 20.7 Å². The smallest absolute Gasteiger partial charge is 0.227 e. The Bertz CT molecular complexity index is 1530. The molecule has 2 aromatic carbocycles. The Morgan fingerprint density at radius 1 is 0.700 bits per heavy atom. The van der Waals surface area contributed by atoms with E-state index in [0.29, 0.717) is 24.2 Å². The number of unbranched alkanes of at least 4 members (excludes halogenated alkanes) is 1. The standard InChI is InChI=1S/C41H59N9/c42-34-17-19-35(20-18-34)45-41-46-39(38-40(47-41)50(31-43-38)37-15-7-8-16-37)44-36-23-29-49(30-24-36)26-10-9-25-48(27-21-32-11-3-1-4-12-32)28-22-33-13-5-2-6-14-33/h1-6,11-14,31,34-37H,7-10,15-30,42H2,(H2,44,45,46,47). The summed E-state index contributed by atoms with van der Waals surface area (Å²) in [5, 5.41) is 7.53. The SMILES string of the molecule is NC1CCC(Nc2nc(NC3CCN(CCCCN(CCc4ccccc4)CCc4ccccc4)CC3)c3ncn(C4CCCC4)c3n2)CC1. The molecular weight excluding hydrogens is 619 g/mol. The van der Waals surface area contributed by atoms with E-state index in [1.165, 1.54) is 62.7 Å². The number of imidazole rings is 1. The average molecular weight is 678 g/mol. The third-order valence-electron chi connectivity index (χ3n) is 11.5. The minimum Gasteiger partial charge on any atom is -0.365 e. The molecule has 4 aromatic rings. The number of aromatic nitrogens is 4. The molecule has 0 radical (unpaired) electrons. The quantitative estimate of drug-likeness (QED) is 0.108. The lowest BCUT2D eigenvalue weighted by atomic mass is 9.92. The summed E-state index contributed by atoms with van der Waals surface area (Å²) in [5.74, 6) is 1.63. The maximum atomic E-state index is 6.20. The van der Waals surface area contributed by atoms with Gasteiger partial charge in [-0.1, -0.05) is 73.5 Å². The van der Waals surface area contributed by atoms with E-state index in [0.717, 1.165) is 100 Å². The minimum absolute atomic E-state index is 0.327. The van der Waals surface area contributed by atoms with Crippen LogP contribution in [-0.2, 0) is 12.8 Å². The first-order chi connectivity index (χ1) is 24.7. The number of nitrogens with one attached hydrogen (secondary N) is 2. The Balaban J connectivity index is 0.906. The third-order valence-corrected chi connectivity index (χ3v) is 11.5. The molecule has 2 aliphatic carbocycles. The van der Waals surface area contributed by atoms with Crippen LogP contribution in [0.4, 0.5) is 11.8 Å². The number of piperidine rings is 1. The number of likely N-dealkylation sites (tertiary alicyclic amines) is 1. The van der Waals surface area contributed by atoms with Crippen LogP contribution in [0.3, 0.4) is 0 Å². The Morgan fingerprint density at radius 2 is 1.34 bits per heavy atom. The van der Waals surface area contributed by atoms with Gasteiger partial charge in [-0.25, -0.2) is 4.98 Å². The summed E-state index contributed by atoms with van der Waals surface area (Å²) < 4.78 is 2.32. The molecule has 3 aliphatic rings. The second-order valence-corrected chi connectivity index (χ2v) is 15.2. The zero-order chi connectivity index (χ0) is 34.0. The van der Waals surface area contributed by atoms with Gasteiger partial charge in [0.15, 0.2) is 17.0 Å². The Morgan fingerprint density at radius 3 is 2.00 bits per heavy atom. The monoisotopic (exact) mass is 677 g/mol. The third kappa shape index (κ3) is 9.62. The fraction of sp³-hybridized carbons (Fsp3) is 0.585. The zero-order valence-corrected chi connectivity index (χ0v) is 30.1. The van der Waals surface area contributed by atoms with Crippen LogP contribution in [0.25, 0.3) is 11.2 Å². The van der Waals surface area contributed by atoms with E-state index < -0.39 is 0 Å². The Hall–Kier alpha value is -3.53. The first-order valence-corrected chi connectivity index (χ1v) is 19.7. The first kappa shape index (κ1) is 34.9. The molecule has 0 bridgehead atoms. The summed E-state index contributed by atoms with van der Waals surface area (Å²) in [6, 6.07) is 23.5. The molecule has 0 spiro atoms. The maximum Gasteiger partial charge on any atom is 0.227 e. The van der Waals surface area contributed by atoms with Gasteiger partial charge in [0, 0.05) is 50.3 Å². The van der Waals surface area contributed by atoms with Crippen molar-refractivity contribution in [1.82, 2.24) is 29.3 Å². The lowest BCUT2D eigenvalue weighted by Gasteiger charge is -2.33. The summed E-state index contributed by atoms with van der Waals surface area (Å²) >= 11 is 0. The Labute approximate surface area is 299 Å². The molecule has 0 atom stereocenters. The predicted octanol–water partition coefficient (Wildman–Crippen LogP) is 7.07. The normalized spacial score (nSPS) is 20.9. The summed E-state index contributed by atoms with van der Waals surface area (Å²) in [6.45, 7) is 6.84. The molecule has 2 saturated carbocycles. The first-order valence-electron chi connectivity index (χ1n) is 19.7. The molecule has 2 aromatic heterocycles. The van der Waals surface area contributed by atoms with E-state index in [1.807, 2.05) is 6.33 Å². The number of nitrogens with zero attached hydrogens (tertiary/aromatic N) is 6. The summed E-state index contributed by atoms with van der Waals surface area (Å²) in [7, 11) is 0. The lowest BCUT2D eigenvalue weighted by molar-refractivity contribution is 0.207. The minimum atomic E-state index is 0.327. The van der Waals surface area contributed by atoms with Crippen LogP contribution in [0.1, 0.15) is 94.2 Å². The van der Waals surface area contributed by atoms with Crippen molar-refractivity contribution in [2.24, 2.45) is 5.73 Å². The molecule has 1 aliphatic heterocycles. The van der Waals surface area contributed by atoms with Crippen molar-refractivity contribution < 1.29 is 0 Å².